The van der Waals surface area contributed by atoms with Crippen LogP contribution in [0.1, 0.15) is 62.8 Å². The highest BCUT2D eigenvalue weighted by Crippen LogP contribution is 2.38. The van der Waals surface area contributed by atoms with Gasteiger partial charge in [0.1, 0.15) is 6.04 Å². The molecule has 172 valence electrons. The first-order chi connectivity index (χ1) is 15.2. The maximum Gasteiger partial charge on any atom is 0.322 e. The van der Waals surface area contributed by atoms with Crippen molar-refractivity contribution in [2.45, 2.75) is 72.0 Å². The smallest absolute Gasteiger partial charge is 0.322 e. The van der Waals surface area contributed by atoms with Gasteiger partial charge in [0.15, 0.2) is 0 Å². The zero-order chi connectivity index (χ0) is 23.2. The van der Waals surface area contributed by atoms with Crippen LogP contribution in [0.3, 0.4) is 0 Å². The van der Waals surface area contributed by atoms with E-state index in [-0.39, 0.29) is 36.3 Å². The van der Waals surface area contributed by atoms with Crippen LogP contribution in [0.2, 0.25) is 0 Å². The number of hydrogen-bond donors (Lipinski definition) is 2. The molecule has 7 nitrogen and oxygen atoms in total. The van der Waals surface area contributed by atoms with Crippen molar-refractivity contribution in [2.75, 3.05) is 13.1 Å². The van der Waals surface area contributed by atoms with Crippen molar-refractivity contribution in [3.63, 3.8) is 0 Å². The summed E-state index contributed by atoms with van der Waals surface area (Å²) in [6.07, 6.45) is 2.59. The minimum absolute atomic E-state index is 0.0835. The summed E-state index contributed by atoms with van der Waals surface area (Å²) in [6.45, 7) is 10.8. The minimum atomic E-state index is -0.540. The van der Waals surface area contributed by atoms with Gasteiger partial charge < -0.3 is 15.5 Å². The maximum atomic E-state index is 13.8. The lowest BCUT2D eigenvalue weighted by molar-refractivity contribution is -0.137. The number of benzene rings is 1. The topological polar surface area (TPSA) is 81.8 Å². The van der Waals surface area contributed by atoms with Crippen LogP contribution in [-0.4, -0.2) is 52.8 Å². The average molecular weight is 439 g/mol. The van der Waals surface area contributed by atoms with Crippen LogP contribution < -0.4 is 10.6 Å². The number of likely N-dealkylation sites (N-methyl/N-ethyl adjacent to an activating group) is 1. The Kier molecular flexibility index (Phi) is 6.01. The minimum Gasteiger partial charge on any atom is -0.352 e. The fraction of sp³-hybridized carbons (Fsp3) is 0.560. The highest BCUT2D eigenvalue weighted by molar-refractivity contribution is 6.03. The van der Waals surface area contributed by atoms with Crippen LogP contribution >= 0.6 is 0 Å². The molecule has 0 spiro atoms. The molecule has 0 bridgehead atoms. The largest absolute Gasteiger partial charge is 0.352 e. The van der Waals surface area contributed by atoms with Crippen molar-refractivity contribution >= 4 is 17.8 Å². The van der Waals surface area contributed by atoms with Crippen LogP contribution in [0, 0.1) is 19.8 Å². The van der Waals surface area contributed by atoms with Crippen LogP contribution in [0.4, 0.5) is 4.79 Å². The van der Waals surface area contributed by atoms with Crippen molar-refractivity contribution in [1.82, 2.24) is 20.4 Å². The second kappa shape index (κ2) is 8.60. The molecule has 1 aromatic rings. The molecular formula is C25H34N4O3. The Morgan fingerprint density at radius 3 is 2.53 bits per heavy atom. The number of aryl methyl sites for hydroxylation is 2. The number of carbonyl (C=O) groups is 3. The van der Waals surface area contributed by atoms with Gasteiger partial charge >= 0.3 is 6.03 Å². The molecule has 4 rings (SSSR count). The molecule has 1 saturated carbocycles. The van der Waals surface area contributed by atoms with Crippen molar-refractivity contribution in [3.8, 4) is 0 Å². The predicted octanol–water partition coefficient (Wildman–Crippen LogP) is 3.18. The number of urea groups is 1. The molecule has 7 heteroatoms. The number of hydrogen-bond acceptors (Lipinski definition) is 3. The van der Waals surface area contributed by atoms with Gasteiger partial charge in [0.05, 0.1) is 23.9 Å². The molecule has 2 aliphatic heterocycles. The lowest BCUT2D eigenvalue weighted by Crippen LogP contribution is -2.49. The van der Waals surface area contributed by atoms with Crippen molar-refractivity contribution in [2.24, 2.45) is 5.92 Å². The Bertz CT molecular complexity index is 979. The molecule has 2 atom stereocenters. The summed E-state index contributed by atoms with van der Waals surface area (Å²) < 4.78 is 0. The van der Waals surface area contributed by atoms with Crippen molar-refractivity contribution in [3.05, 3.63) is 46.2 Å². The highest BCUT2D eigenvalue weighted by Gasteiger charge is 2.47. The van der Waals surface area contributed by atoms with Crippen molar-refractivity contribution < 1.29 is 14.4 Å². The molecule has 4 amide bonds. The first-order valence-corrected chi connectivity index (χ1v) is 11.7. The average Bonchev–Trinajstić information content (AvgIpc) is 3.47. The Labute approximate surface area is 190 Å². The summed E-state index contributed by atoms with van der Waals surface area (Å²) in [5.74, 6) is 0.0207. The second-order valence-electron chi connectivity index (χ2n) is 9.71. The van der Waals surface area contributed by atoms with Gasteiger partial charge in [-0.25, -0.2) is 4.79 Å². The SMILES string of the molecule is CCN1C(=O)N[C@H](c2ccc(C)cc2C)C2=C1CN([C@@H](CC(C)C)C(=O)NC1CC1)C2=O. The van der Waals surface area contributed by atoms with Gasteiger partial charge in [-0.3, -0.25) is 14.5 Å². The lowest BCUT2D eigenvalue weighted by Gasteiger charge is -2.33. The van der Waals surface area contributed by atoms with E-state index in [1.54, 1.807) is 9.80 Å². The van der Waals surface area contributed by atoms with E-state index in [0.717, 1.165) is 35.2 Å². The molecule has 1 fully saturated rings. The summed E-state index contributed by atoms with van der Waals surface area (Å²) in [6, 6.07) is 5.04. The van der Waals surface area contributed by atoms with Crippen molar-refractivity contribution in [1.29, 1.82) is 0 Å². The Hall–Kier alpha value is -2.83. The first kappa shape index (κ1) is 22.4. The Morgan fingerprint density at radius 1 is 1.22 bits per heavy atom. The lowest BCUT2D eigenvalue weighted by atomic mass is 9.91. The van der Waals surface area contributed by atoms with Crippen LogP contribution in [-0.2, 0) is 9.59 Å². The van der Waals surface area contributed by atoms with E-state index in [1.807, 2.05) is 32.9 Å². The third kappa shape index (κ3) is 4.12. The van der Waals surface area contributed by atoms with E-state index in [9.17, 15) is 14.4 Å². The van der Waals surface area contributed by atoms with Crippen LogP contribution in [0.15, 0.2) is 29.5 Å². The van der Waals surface area contributed by atoms with Gasteiger partial charge in [0.2, 0.25) is 5.91 Å². The molecular weight excluding hydrogens is 404 g/mol. The zero-order valence-corrected chi connectivity index (χ0v) is 19.7. The fourth-order valence-electron chi connectivity index (χ4n) is 4.83. The second-order valence-corrected chi connectivity index (χ2v) is 9.71. The molecule has 0 unspecified atom stereocenters. The number of rotatable bonds is 7. The predicted molar refractivity (Wildman–Crippen MR) is 123 cm³/mol. The van der Waals surface area contributed by atoms with Crippen LogP contribution in [0.25, 0.3) is 0 Å². The quantitative estimate of drug-likeness (QED) is 0.686. The van der Waals surface area contributed by atoms with E-state index >= 15 is 0 Å². The fourth-order valence-corrected chi connectivity index (χ4v) is 4.83. The third-order valence-corrected chi connectivity index (χ3v) is 6.60. The standard InChI is InChI=1S/C25H34N4O3/c1-6-28-20-13-29(19(11-14(2)3)23(30)26-17-8-9-17)24(31)21(20)22(27-25(28)32)18-10-7-15(4)12-16(18)5/h7,10,12,14,17,19,22H,6,8-9,11,13H2,1-5H3,(H,26,30)(H,27,32)/t19-,22+/m0/s1. The molecule has 2 N–H and O–H groups in total. The van der Waals surface area contributed by atoms with E-state index in [0.29, 0.717) is 18.5 Å². The molecule has 0 aromatic heterocycles. The van der Waals surface area contributed by atoms with Gasteiger partial charge in [0, 0.05) is 12.6 Å². The van der Waals surface area contributed by atoms with Gasteiger partial charge in [-0.05, 0) is 57.1 Å². The highest BCUT2D eigenvalue weighted by atomic mass is 16.2. The van der Waals surface area contributed by atoms with Gasteiger partial charge in [-0.15, -0.1) is 0 Å². The number of nitrogens with zero attached hydrogens (tertiary/aromatic N) is 2. The summed E-state index contributed by atoms with van der Waals surface area (Å²) in [5.41, 5.74) is 4.39. The Morgan fingerprint density at radius 2 is 1.94 bits per heavy atom. The number of nitrogens with one attached hydrogen (secondary N) is 2. The summed E-state index contributed by atoms with van der Waals surface area (Å²) in [5, 5.41) is 6.13. The van der Waals surface area contributed by atoms with E-state index in [1.165, 1.54) is 0 Å². The van der Waals surface area contributed by atoms with Gasteiger partial charge in [0.25, 0.3) is 5.91 Å². The van der Waals surface area contributed by atoms with E-state index < -0.39 is 12.1 Å². The molecule has 1 aliphatic carbocycles. The van der Waals surface area contributed by atoms with Gasteiger partial charge in [-0.2, -0.15) is 0 Å². The maximum absolute atomic E-state index is 13.8. The number of carbonyl (C=O) groups excluding carboxylic acids is 3. The van der Waals surface area contributed by atoms with Gasteiger partial charge in [-0.1, -0.05) is 37.6 Å². The monoisotopic (exact) mass is 438 g/mol. The molecule has 0 saturated heterocycles. The number of amides is 4. The third-order valence-electron chi connectivity index (χ3n) is 6.60. The summed E-state index contributed by atoms with van der Waals surface area (Å²) in [4.78, 5) is 43.2. The van der Waals surface area contributed by atoms with E-state index in [2.05, 4.69) is 30.5 Å². The molecule has 2 heterocycles. The Balaban J connectivity index is 1.71. The zero-order valence-electron chi connectivity index (χ0n) is 19.7. The normalized spacial score (nSPS) is 21.8. The molecule has 32 heavy (non-hydrogen) atoms. The molecule has 3 aliphatic rings. The summed E-state index contributed by atoms with van der Waals surface area (Å²) in [7, 11) is 0. The molecule has 1 aromatic carbocycles. The van der Waals surface area contributed by atoms with E-state index in [4.69, 9.17) is 0 Å². The first-order valence-electron chi connectivity index (χ1n) is 11.7. The molecule has 0 radical (unpaired) electrons. The summed E-state index contributed by atoms with van der Waals surface area (Å²) >= 11 is 0. The van der Waals surface area contributed by atoms with Crippen LogP contribution in [0.5, 0.6) is 0 Å².